The predicted octanol–water partition coefficient (Wildman–Crippen LogP) is 1.21. The quantitative estimate of drug-likeness (QED) is 0.611. The number of amides is 1. The Balaban J connectivity index is 2.13. The van der Waals surface area contributed by atoms with Gasteiger partial charge in [-0.1, -0.05) is 0 Å². The number of halogens is 2. The van der Waals surface area contributed by atoms with Gasteiger partial charge in [0.15, 0.2) is 0 Å². The SMILES string of the molecule is Nc1cc(F)ccc1NC(=O)Cn1cncc(I)c1=O. The van der Waals surface area contributed by atoms with Gasteiger partial charge in [0.25, 0.3) is 5.56 Å². The van der Waals surface area contributed by atoms with Gasteiger partial charge in [-0.3, -0.25) is 14.2 Å². The summed E-state index contributed by atoms with van der Waals surface area (Å²) in [5, 5.41) is 2.51. The lowest BCUT2D eigenvalue weighted by molar-refractivity contribution is -0.116. The number of hydrogen-bond acceptors (Lipinski definition) is 4. The van der Waals surface area contributed by atoms with E-state index in [0.29, 0.717) is 9.26 Å². The van der Waals surface area contributed by atoms with Crippen molar-refractivity contribution in [1.29, 1.82) is 0 Å². The molecule has 0 fully saturated rings. The summed E-state index contributed by atoms with van der Waals surface area (Å²) in [6.07, 6.45) is 2.69. The number of nitrogens with zero attached hydrogens (tertiary/aromatic N) is 2. The molecule has 0 unspecified atom stereocenters. The third-order valence-corrected chi connectivity index (χ3v) is 3.20. The summed E-state index contributed by atoms with van der Waals surface area (Å²) >= 11 is 1.84. The van der Waals surface area contributed by atoms with Crippen LogP contribution in [0.4, 0.5) is 15.8 Å². The zero-order chi connectivity index (χ0) is 14.7. The Morgan fingerprint density at radius 2 is 2.25 bits per heavy atom. The third kappa shape index (κ3) is 3.32. The third-order valence-electron chi connectivity index (χ3n) is 2.46. The summed E-state index contributed by atoms with van der Waals surface area (Å²) in [6.45, 7) is -0.195. The molecule has 0 aliphatic carbocycles. The molecule has 104 valence electrons. The highest BCUT2D eigenvalue weighted by atomic mass is 127. The van der Waals surface area contributed by atoms with Crippen molar-refractivity contribution >= 4 is 39.9 Å². The largest absolute Gasteiger partial charge is 0.397 e. The molecule has 0 saturated carbocycles. The van der Waals surface area contributed by atoms with Crippen molar-refractivity contribution in [3.05, 3.63) is 50.5 Å². The summed E-state index contributed by atoms with van der Waals surface area (Å²) in [4.78, 5) is 27.4. The second-order valence-corrected chi connectivity index (χ2v) is 5.12. The number of anilines is 2. The number of hydrogen-bond donors (Lipinski definition) is 2. The molecule has 0 atom stereocenters. The summed E-state index contributed by atoms with van der Waals surface area (Å²) in [5.41, 5.74) is 5.69. The van der Waals surface area contributed by atoms with E-state index in [4.69, 9.17) is 5.73 Å². The van der Waals surface area contributed by atoms with Gasteiger partial charge in [-0.05, 0) is 40.8 Å². The lowest BCUT2D eigenvalue weighted by Gasteiger charge is -2.09. The summed E-state index contributed by atoms with van der Waals surface area (Å²) in [5.74, 6) is -0.937. The monoisotopic (exact) mass is 388 g/mol. The summed E-state index contributed by atoms with van der Waals surface area (Å²) in [6, 6.07) is 3.65. The number of nitrogens with one attached hydrogen (secondary N) is 1. The van der Waals surface area contributed by atoms with E-state index in [9.17, 15) is 14.0 Å². The Kier molecular flexibility index (Phi) is 4.32. The van der Waals surface area contributed by atoms with Crippen molar-refractivity contribution in [2.45, 2.75) is 6.54 Å². The molecular formula is C12H10FIN4O2. The molecule has 2 aromatic rings. The summed E-state index contributed by atoms with van der Waals surface area (Å²) < 4.78 is 14.5. The van der Waals surface area contributed by atoms with Gasteiger partial charge in [0.1, 0.15) is 12.4 Å². The highest BCUT2D eigenvalue weighted by Crippen LogP contribution is 2.18. The van der Waals surface area contributed by atoms with Crippen LogP contribution in [-0.2, 0) is 11.3 Å². The lowest BCUT2D eigenvalue weighted by atomic mass is 10.2. The number of carbonyl (C=O) groups is 1. The molecule has 0 bridgehead atoms. The van der Waals surface area contributed by atoms with Crippen LogP contribution in [0.25, 0.3) is 0 Å². The van der Waals surface area contributed by atoms with Crippen molar-refractivity contribution in [3.63, 3.8) is 0 Å². The molecule has 0 aliphatic rings. The van der Waals surface area contributed by atoms with E-state index in [-0.39, 0.29) is 17.8 Å². The van der Waals surface area contributed by atoms with Gasteiger partial charge in [0.05, 0.1) is 21.3 Å². The summed E-state index contributed by atoms with van der Waals surface area (Å²) in [7, 11) is 0. The fraction of sp³-hybridized carbons (Fsp3) is 0.0833. The van der Waals surface area contributed by atoms with Gasteiger partial charge in [0.2, 0.25) is 5.91 Å². The predicted molar refractivity (Wildman–Crippen MR) is 80.7 cm³/mol. The number of nitrogens with two attached hydrogens (primary N) is 1. The minimum Gasteiger partial charge on any atom is -0.397 e. The van der Waals surface area contributed by atoms with E-state index < -0.39 is 11.7 Å². The first-order valence-electron chi connectivity index (χ1n) is 5.52. The van der Waals surface area contributed by atoms with Crippen molar-refractivity contribution in [3.8, 4) is 0 Å². The highest BCUT2D eigenvalue weighted by Gasteiger charge is 2.09. The van der Waals surface area contributed by atoms with Gasteiger partial charge >= 0.3 is 0 Å². The van der Waals surface area contributed by atoms with E-state index in [2.05, 4.69) is 10.3 Å². The number of aromatic nitrogens is 2. The average Bonchev–Trinajstić information content (AvgIpc) is 2.38. The number of benzene rings is 1. The van der Waals surface area contributed by atoms with E-state index in [0.717, 1.165) is 6.07 Å². The first-order valence-corrected chi connectivity index (χ1v) is 6.60. The average molecular weight is 388 g/mol. The van der Waals surface area contributed by atoms with Crippen LogP contribution in [0.15, 0.2) is 35.5 Å². The van der Waals surface area contributed by atoms with Crippen LogP contribution in [0.5, 0.6) is 0 Å². The molecule has 20 heavy (non-hydrogen) atoms. The molecule has 2 rings (SSSR count). The fourth-order valence-corrected chi connectivity index (χ4v) is 2.00. The van der Waals surface area contributed by atoms with Gasteiger partial charge in [-0.25, -0.2) is 9.37 Å². The molecule has 6 nitrogen and oxygen atoms in total. The molecule has 1 heterocycles. The second kappa shape index (κ2) is 5.99. The second-order valence-electron chi connectivity index (χ2n) is 3.95. The van der Waals surface area contributed by atoms with Crippen molar-refractivity contribution in [1.82, 2.24) is 9.55 Å². The molecule has 0 spiro atoms. The van der Waals surface area contributed by atoms with E-state index in [1.165, 1.54) is 29.2 Å². The van der Waals surface area contributed by atoms with Gasteiger partial charge < -0.3 is 11.1 Å². The number of nitrogen functional groups attached to an aromatic ring is 1. The fourth-order valence-electron chi connectivity index (χ4n) is 1.53. The van der Waals surface area contributed by atoms with Gasteiger partial charge in [0, 0.05) is 6.20 Å². The maximum absolute atomic E-state index is 12.9. The van der Waals surface area contributed by atoms with E-state index in [1.807, 2.05) is 22.6 Å². The van der Waals surface area contributed by atoms with E-state index in [1.54, 1.807) is 0 Å². The maximum Gasteiger partial charge on any atom is 0.267 e. The van der Waals surface area contributed by atoms with Crippen LogP contribution in [0, 0.1) is 9.39 Å². The Morgan fingerprint density at radius 1 is 1.50 bits per heavy atom. The molecule has 1 amide bonds. The number of rotatable bonds is 3. The Bertz CT molecular complexity index is 717. The minimum absolute atomic E-state index is 0.117. The first-order chi connectivity index (χ1) is 9.47. The van der Waals surface area contributed by atoms with Crippen LogP contribution >= 0.6 is 22.6 Å². The smallest absolute Gasteiger partial charge is 0.267 e. The molecule has 0 radical (unpaired) electrons. The molecule has 1 aromatic heterocycles. The molecule has 3 N–H and O–H groups in total. The Labute approximate surface area is 127 Å². The normalized spacial score (nSPS) is 10.3. The van der Waals surface area contributed by atoms with Crippen LogP contribution in [0.1, 0.15) is 0 Å². The van der Waals surface area contributed by atoms with Crippen molar-refractivity contribution in [2.24, 2.45) is 0 Å². The molecular weight excluding hydrogens is 378 g/mol. The van der Waals surface area contributed by atoms with Crippen LogP contribution in [0.3, 0.4) is 0 Å². The van der Waals surface area contributed by atoms with Gasteiger partial charge in [-0.2, -0.15) is 0 Å². The Morgan fingerprint density at radius 3 is 2.95 bits per heavy atom. The number of carbonyl (C=O) groups excluding carboxylic acids is 1. The van der Waals surface area contributed by atoms with Crippen molar-refractivity contribution < 1.29 is 9.18 Å². The van der Waals surface area contributed by atoms with Crippen LogP contribution in [-0.4, -0.2) is 15.5 Å². The maximum atomic E-state index is 12.9. The van der Waals surface area contributed by atoms with Crippen LogP contribution in [0.2, 0.25) is 0 Å². The first kappa shape index (κ1) is 14.4. The molecule has 8 heteroatoms. The van der Waals surface area contributed by atoms with Crippen LogP contribution < -0.4 is 16.6 Å². The minimum atomic E-state index is -0.487. The van der Waals surface area contributed by atoms with E-state index >= 15 is 0 Å². The van der Waals surface area contributed by atoms with Gasteiger partial charge in [-0.15, -0.1) is 0 Å². The molecule has 0 saturated heterocycles. The standard InChI is InChI=1S/C12H10FIN4O2/c13-7-1-2-10(9(15)3-7)17-11(19)5-18-6-16-4-8(14)12(18)20/h1-4,6H,5,15H2,(H,17,19). The zero-order valence-corrected chi connectivity index (χ0v) is 12.3. The molecule has 0 aliphatic heterocycles. The topological polar surface area (TPSA) is 90.0 Å². The highest BCUT2D eigenvalue weighted by molar-refractivity contribution is 14.1. The van der Waals surface area contributed by atoms with Crippen molar-refractivity contribution in [2.75, 3.05) is 11.1 Å². The molecule has 1 aromatic carbocycles. The Hall–Kier alpha value is -1.97. The zero-order valence-electron chi connectivity index (χ0n) is 10.1. The lowest BCUT2D eigenvalue weighted by Crippen LogP contribution is -2.29.